The number of hydrogen-bond acceptors (Lipinski definition) is 5. The zero-order chi connectivity index (χ0) is 13.2. The summed E-state index contributed by atoms with van der Waals surface area (Å²) in [5.41, 5.74) is 0. The minimum absolute atomic E-state index is 0. The summed E-state index contributed by atoms with van der Waals surface area (Å²) in [6, 6.07) is 0. The van der Waals surface area contributed by atoms with Crippen molar-refractivity contribution >= 4 is 0 Å². The maximum absolute atomic E-state index is 9.97. The van der Waals surface area contributed by atoms with Crippen molar-refractivity contribution in [3.05, 3.63) is 0 Å². The van der Waals surface area contributed by atoms with E-state index >= 15 is 0 Å². The second kappa shape index (κ2) is 26.9. The minimum Gasteiger partial charge on any atom is -0.853 e. The van der Waals surface area contributed by atoms with Gasteiger partial charge in [0, 0.05) is 13.2 Å². The third kappa shape index (κ3) is 30.5. The van der Waals surface area contributed by atoms with E-state index in [1.165, 1.54) is 6.42 Å². The van der Waals surface area contributed by atoms with E-state index in [9.17, 15) is 5.11 Å². The Kier molecular flexibility index (Phi) is 36.5. The Morgan fingerprint density at radius 1 is 0.833 bits per heavy atom. The van der Waals surface area contributed by atoms with Gasteiger partial charge in [-0.25, -0.2) is 0 Å². The van der Waals surface area contributed by atoms with Gasteiger partial charge < -0.3 is 24.6 Å². The molecule has 0 atom stereocenters. The number of rotatable bonds is 11. The largest absolute Gasteiger partial charge is 1.00 e. The van der Waals surface area contributed by atoms with Gasteiger partial charge in [-0.15, -0.1) is 6.61 Å². The summed E-state index contributed by atoms with van der Waals surface area (Å²) in [6.45, 7) is 8.07. The van der Waals surface area contributed by atoms with E-state index in [0.717, 1.165) is 6.54 Å². The Morgan fingerprint density at radius 3 is 1.61 bits per heavy atom. The molecule has 0 saturated heterocycles. The molecule has 0 fully saturated rings. The van der Waals surface area contributed by atoms with Gasteiger partial charge in [-0.3, -0.25) is 0 Å². The maximum atomic E-state index is 9.97. The second-order valence-electron chi connectivity index (χ2n) is 3.35. The van der Waals surface area contributed by atoms with E-state index in [0.29, 0.717) is 33.0 Å². The molecule has 0 saturated carbocycles. The van der Waals surface area contributed by atoms with E-state index in [1.807, 2.05) is 7.05 Å². The monoisotopic (exact) mass is 289 g/mol. The van der Waals surface area contributed by atoms with Gasteiger partial charge in [0.15, 0.2) is 0 Å². The summed E-state index contributed by atoms with van der Waals surface area (Å²) < 4.78 is 15.4. The number of likely N-dealkylation sites (N-methyl/N-ethyl adjacent to an activating group) is 1. The van der Waals surface area contributed by atoms with Gasteiger partial charge in [0.1, 0.15) is 0 Å². The molecule has 0 rings (SSSR count). The summed E-state index contributed by atoms with van der Waals surface area (Å²) in [5, 5.41) is 13.0. The van der Waals surface area contributed by atoms with Gasteiger partial charge in [-0.1, -0.05) is 20.3 Å². The van der Waals surface area contributed by atoms with Crippen molar-refractivity contribution in [2.24, 2.45) is 0 Å². The molecule has 0 aliphatic heterocycles. The summed E-state index contributed by atoms with van der Waals surface area (Å²) in [7, 11) is 1.88. The molecule has 0 spiro atoms. The topological polar surface area (TPSA) is 62.8 Å². The fraction of sp³-hybridized carbons (Fsp3) is 1.00. The number of hydrogen-bond donors (Lipinski definition) is 1. The average Bonchev–Trinajstić information content (AvgIpc) is 2.33. The first kappa shape index (κ1) is 24.5. The molecule has 106 valence electrons. The van der Waals surface area contributed by atoms with E-state index in [4.69, 9.17) is 14.2 Å². The van der Waals surface area contributed by atoms with Crippen LogP contribution in [0.5, 0.6) is 0 Å². The predicted molar refractivity (Wildman–Crippen MR) is 67.2 cm³/mol. The maximum Gasteiger partial charge on any atom is 1.00 e. The van der Waals surface area contributed by atoms with E-state index < -0.39 is 0 Å². The Hall–Kier alpha value is 1.44. The molecule has 0 aromatic heterocycles. The molecule has 5 nitrogen and oxygen atoms in total. The first-order chi connectivity index (χ1) is 8.33. The average molecular weight is 289 g/mol. The Bertz CT molecular complexity index is 108. The molecule has 0 radical (unpaired) electrons. The van der Waals surface area contributed by atoms with Crippen LogP contribution in [0.1, 0.15) is 20.3 Å². The van der Waals surface area contributed by atoms with E-state index in [-0.39, 0.29) is 64.6 Å². The number of ether oxygens (including phenoxy) is 3. The van der Waals surface area contributed by atoms with E-state index in [1.54, 1.807) is 0 Å². The zero-order valence-electron chi connectivity index (χ0n) is 12.5. The summed E-state index contributed by atoms with van der Waals surface area (Å²) >= 11 is 0. The second-order valence-corrected chi connectivity index (χ2v) is 3.35. The molecular formula is C12H28KNO4. The Morgan fingerprint density at radius 2 is 1.22 bits per heavy atom. The molecule has 0 unspecified atom stereocenters. The smallest absolute Gasteiger partial charge is 0.853 e. The molecule has 6 heteroatoms. The molecule has 18 heavy (non-hydrogen) atoms. The zero-order valence-corrected chi connectivity index (χ0v) is 15.6. The van der Waals surface area contributed by atoms with Crippen LogP contribution in [0.4, 0.5) is 0 Å². The van der Waals surface area contributed by atoms with Crippen molar-refractivity contribution in [3.63, 3.8) is 0 Å². The first-order valence-corrected chi connectivity index (χ1v) is 6.29. The van der Waals surface area contributed by atoms with Crippen LogP contribution in [0.15, 0.2) is 0 Å². The molecule has 0 bridgehead atoms. The van der Waals surface area contributed by atoms with Crippen LogP contribution < -0.4 is 61.8 Å². The molecule has 0 aromatic rings. The Labute approximate surface area is 154 Å². The van der Waals surface area contributed by atoms with Crippen molar-refractivity contribution in [1.29, 1.82) is 0 Å². The van der Waals surface area contributed by atoms with Crippen LogP contribution in [-0.2, 0) is 14.2 Å². The van der Waals surface area contributed by atoms with Gasteiger partial charge in [0.2, 0.25) is 0 Å². The molecule has 0 aliphatic rings. The first-order valence-electron chi connectivity index (χ1n) is 6.29. The van der Waals surface area contributed by atoms with E-state index in [2.05, 4.69) is 19.2 Å². The summed E-state index contributed by atoms with van der Waals surface area (Å²) in [4.78, 5) is 0. The molecule has 0 aromatic carbocycles. The predicted octanol–water partition coefficient (Wildman–Crippen LogP) is -2.96. The molecule has 0 aliphatic carbocycles. The normalized spacial score (nSPS) is 9.33. The van der Waals surface area contributed by atoms with Crippen molar-refractivity contribution < 1.29 is 70.7 Å². The molecule has 0 amide bonds. The van der Waals surface area contributed by atoms with Gasteiger partial charge in [-0.2, -0.15) is 0 Å². The number of nitrogens with one attached hydrogen (secondary N) is 1. The molecule has 1 N–H and O–H groups in total. The van der Waals surface area contributed by atoms with Crippen LogP contribution in [0.25, 0.3) is 0 Å². The fourth-order valence-electron chi connectivity index (χ4n) is 0.775. The van der Waals surface area contributed by atoms with Crippen molar-refractivity contribution in [2.75, 3.05) is 59.8 Å². The molecular weight excluding hydrogens is 261 g/mol. The van der Waals surface area contributed by atoms with Gasteiger partial charge in [0.25, 0.3) is 0 Å². The van der Waals surface area contributed by atoms with Crippen LogP contribution in [0.2, 0.25) is 0 Å². The summed E-state index contributed by atoms with van der Waals surface area (Å²) in [6.07, 6.45) is 1.25. The Balaban J connectivity index is -0.000000507. The third-order valence-corrected chi connectivity index (χ3v) is 1.47. The van der Waals surface area contributed by atoms with Crippen LogP contribution in [-0.4, -0.2) is 59.8 Å². The van der Waals surface area contributed by atoms with Crippen LogP contribution in [0.3, 0.4) is 0 Å². The summed E-state index contributed by atoms with van der Waals surface area (Å²) in [5.74, 6) is 0. The van der Waals surface area contributed by atoms with Crippen molar-refractivity contribution in [2.45, 2.75) is 20.3 Å². The van der Waals surface area contributed by atoms with Crippen molar-refractivity contribution in [1.82, 2.24) is 5.32 Å². The van der Waals surface area contributed by atoms with Crippen LogP contribution in [0, 0.1) is 0 Å². The minimum atomic E-state index is -0.187. The quantitative estimate of drug-likeness (QED) is 0.325. The van der Waals surface area contributed by atoms with Gasteiger partial charge in [-0.05, 0) is 7.05 Å². The van der Waals surface area contributed by atoms with Crippen LogP contribution >= 0.6 is 0 Å². The molecule has 0 heterocycles. The standard InChI is InChI=1S/C9H20NO4.C3H8.K/c1-10-2-4-12-6-8-14-9-7-13-5-3-11;1-3-2;/h10H,2-9H2,1H3;3H2,1-2H3;/q-1;;+1. The SMILES string of the molecule is CCC.CNCCOCCOCCOCC[O-].[K+]. The van der Waals surface area contributed by atoms with Gasteiger partial charge in [0.05, 0.1) is 33.0 Å². The third-order valence-electron chi connectivity index (χ3n) is 1.47. The van der Waals surface area contributed by atoms with Crippen molar-refractivity contribution in [3.8, 4) is 0 Å². The fourth-order valence-corrected chi connectivity index (χ4v) is 0.775. The van der Waals surface area contributed by atoms with Gasteiger partial charge >= 0.3 is 51.4 Å².